The maximum Gasteiger partial charge on any atom is 0.128 e. The van der Waals surface area contributed by atoms with Gasteiger partial charge < -0.3 is 9.30 Å². The number of halogens is 1. The number of aromatic nitrogens is 2. The number of hydrogen-bond acceptors (Lipinski definition) is 2. The smallest absolute Gasteiger partial charge is 0.128 e. The second-order valence-corrected chi connectivity index (χ2v) is 6.72. The van der Waals surface area contributed by atoms with Crippen LogP contribution in [0.1, 0.15) is 43.5 Å². The van der Waals surface area contributed by atoms with Crippen molar-refractivity contribution in [3.05, 3.63) is 29.6 Å². The van der Waals surface area contributed by atoms with Crippen LogP contribution in [0.2, 0.25) is 0 Å². The van der Waals surface area contributed by atoms with Crippen molar-refractivity contribution in [2.45, 2.75) is 44.5 Å². The molecule has 0 N–H and O–H groups in total. The first kappa shape index (κ1) is 13.9. The number of aryl methyl sites for hydroxylation is 1. The molecule has 4 heteroatoms. The minimum Gasteiger partial charge on any atom is -0.379 e. The number of imidazole rings is 1. The van der Waals surface area contributed by atoms with Crippen molar-refractivity contribution in [1.82, 2.24) is 9.55 Å². The van der Waals surface area contributed by atoms with Gasteiger partial charge >= 0.3 is 0 Å². The molecule has 0 spiro atoms. The van der Waals surface area contributed by atoms with Gasteiger partial charge in [0.25, 0.3) is 0 Å². The highest BCUT2D eigenvalue weighted by atomic mass is 35.5. The quantitative estimate of drug-likeness (QED) is 0.777. The lowest BCUT2D eigenvalue weighted by Crippen LogP contribution is -2.40. The van der Waals surface area contributed by atoms with Gasteiger partial charge in [-0.1, -0.05) is 6.07 Å². The summed E-state index contributed by atoms with van der Waals surface area (Å²) in [7, 11) is 0. The van der Waals surface area contributed by atoms with Gasteiger partial charge in [0.15, 0.2) is 0 Å². The highest BCUT2D eigenvalue weighted by Crippen LogP contribution is 2.35. The van der Waals surface area contributed by atoms with Gasteiger partial charge in [-0.25, -0.2) is 4.98 Å². The van der Waals surface area contributed by atoms with Crippen molar-refractivity contribution in [3.63, 3.8) is 0 Å². The highest BCUT2D eigenvalue weighted by molar-refractivity contribution is 6.20. The topological polar surface area (TPSA) is 27.1 Å². The lowest BCUT2D eigenvalue weighted by molar-refractivity contribution is 0.0101. The predicted octanol–water partition coefficient (Wildman–Crippen LogP) is 4.17. The van der Waals surface area contributed by atoms with Crippen LogP contribution >= 0.6 is 11.6 Å². The molecule has 2 aromatic rings. The molecule has 2 heterocycles. The molecular formula is C16H21ClN2O. The standard InChI is InChI=1S/C16H21ClN2O/c1-11-5-6-13-14(9-11)19(15(18-13)12(2)17)16(3)7-4-8-20-10-16/h5-6,9,12H,4,7-8,10H2,1-3H3. The van der Waals surface area contributed by atoms with E-state index in [1.165, 1.54) is 11.1 Å². The molecule has 1 aliphatic rings. The first-order valence-corrected chi connectivity index (χ1v) is 7.66. The van der Waals surface area contributed by atoms with Crippen LogP contribution in [0.3, 0.4) is 0 Å². The molecule has 0 aliphatic carbocycles. The lowest BCUT2D eigenvalue weighted by Gasteiger charge is -2.37. The molecule has 1 aliphatic heterocycles. The molecule has 0 radical (unpaired) electrons. The van der Waals surface area contributed by atoms with Crippen molar-refractivity contribution in [1.29, 1.82) is 0 Å². The average molecular weight is 293 g/mol. The van der Waals surface area contributed by atoms with Crippen molar-refractivity contribution in [3.8, 4) is 0 Å². The normalized spacial score (nSPS) is 25.0. The summed E-state index contributed by atoms with van der Waals surface area (Å²) in [5, 5.41) is -0.110. The molecular weight excluding hydrogens is 272 g/mol. The molecule has 1 aromatic heterocycles. The zero-order valence-electron chi connectivity index (χ0n) is 12.3. The summed E-state index contributed by atoms with van der Waals surface area (Å²) >= 11 is 6.38. The molecule has 3 nitrogen and oxygen atoms in total. The Hall–Kier alpha value is -1.06. The summed E-state index contributed by atoms with van der Waals surface area (Å²) in [5.41, 5.74) is 3.37. The number of benzene rings is 1. The maximum absolute atomic E-state index is 6.38. The molecule has 1 saturated heterocycles. The van der Waals surface area contributed by atoms with E-state index in [1.54, 1.807) is 0 Å². The average Bonchev–Trinajstić information content (AvgIpc) is 2.79. The van der Waals surface area contributed by atoms with Crippen molar-refractivity contribution < 1.29 is 4.74 Å². The van der Waals surface area contributed by atoms with Gasteiger partial charge in [-0.2, -0.15) is 0 Å². The van der Waals surface area contributed by atoms with Crippen molar-refractivity contribution >= 4 is 22.6 Å². The second-order valence-electron chi connectivity index (χ2n) is 6.07. The zero-order valence-corrected chi connectivity index (χ0v) is 13.1. The van der Waals surface area contributed by atoms with Crippen molar-refractivity contribution in [2.24, 2.45) is 0 Å². The summed E-state index contributed by atoms with van der Waals surface area (Å²) in [6.07, 6.45) is 2.18. The molecule has 1 aromatic carbocycles. The molecule has 0 bridgehead atoms. The van der Waals surface area contributed by atoms with E-state index in [0.717, 1.165) is 37.4 Å². The van der Waals surface area contributed by atoms with Crippen LogP contribution in [0.4, 0.5) is 0 Å². The van der Waals surface area contributed by atoms with Crippen LogP contribution in [0.5, 0.6) is 0 Å². The van der Waals surface area contributed by atoms with E-state index in [4.69, 9.17) is 21.3 Å². The fourth-order valence-electron chi connectivity index (χ4n) is 3.13. The number of nitrogens with zero attached hydrogens (tertiary/aromatic N) is 2. The second kappa shape index (κ2) is 5.05. The Labute approximate surface area is 124 Å². The highest BCUT2D eigenvalue weighted by Gasteiger charge is 2.34. The third kappa shape index (κ3) is 2.23. The number of ether oxygens (including phenoxy) is 1. The molecule has 0 saturated carbocycles. The monoisotopic (exact) mass is 292 g/mol. The van der Waals surface area contributed by atoms with Crippen LogP contribution in [-0.4, -0.2) is 22.8 Å². The van der Waals surface area contributed by atoms with Crippen LogP contribution in [-0.2, 0) is 10.3 Å². The summed E-state index contributed by atoms with van der Waals surface area (Å²) in [6.45, 7) is 7.92. The number of fused-ring (bicyclic) bond motifs is 1. The van der Waals surface area contributed by atoms with Crippen LogP contribution in [0, 0.1) is 6.92 Å². The van der Waals surface area contributed by atoms with Gasteiger partial charge in [0, 0.05) is 6.61 Å². The minimum absolute atomic E-state index is 0.0563. The maximum atomic E-state index is 6.38. The first-order valence-electron chi connectivity index (χ1n) is 7.22. The Balaban J connectivity index is 2.25. The third-order valence-corrected chi connectivity index (χ3v) is 4.34. The summed E-state index contributed by atoms with van der Waals surface area (Å²) < 4.78 is 8.04. The van der Waals surface area contributed by atoms with Crippen LogP contribution in [0.25, 0.3) is 11.0 Å². The molecule has 3 rings (SSSR count). The lowest BCUT2D eigenvalue weighted by atomic mass is 9.93. The Morgan fingerprint density at radius 3 is 2.90 bits per heavy atom. The first-order chi connectivity index (χ1) is 9.51. The van der Waals surface area contributed by atoms with E-state index in [-0.39, 0.29) is 10.9 Å². The minimum atomic E-state index is -0.110. The molecule has 20 heavy (non-hydrogen) atoms. The molecule has 0 amide bonds. The van der Waals surface area contributed by atoms with E-state index in [2.05, 4.69) is 36.6 Å². The Morgan fingerprint density at radius 2 is 2.25 bits per heavy atom. The van der Waals surface area contributed by atoms with Crippen LogP contribution < -0.4 is 0 Å². The van der Waals surface area contributed by atoms with Crippen molar-refractivity contribution in [2.75, 3.05) is 13.2 Å². The summed E-state index contributed by atoms with van der Waals surface area (Å²) in [6, 6.07) is 6.38. The Morgan fingerprint density at radius 1 is 1.45 bits per heavy atom. The van der Waals surface area contributed by atoms with Gasteiger partial charge in [0.1, 0.15) is 5.82 Å². The zero-order chi connectivity index (χ0) is 14.3. The molecule has 1 fully saturated rings. The van der Waals surface area contributed by atoms with Gasteiger partial charge in [0.05, 0.1) is 28.6 Å². The number of alkyl halides is 1. The number of hydrogen-bond donors (Lipinski definition) is 0. The Kier molecular flexibility index (Phi) is 3.51. The van der Waals surface area contributed by atoms with Crippen LogP contribution in [0.15, 0.2) is 18.2 Å². The summed E-state index contributed by atoms with van der Waals surface area (Å²) in [4.78, 5) is 4.75. The van der Waals surface area contributed by atoms with E-state index in [0.29, 0.717) is 0 Å². The van der Waals surface area contributed by atoms with E-state index >= 15 is 0 Å². The molecule has 2 atom stereocenters. The van der Waals surface area contributed by atoms with Gasteiger partial charge in [-0.15, -0.1) is 11.6 Å². The molecule has 2 unspecified atom stereocenters. The number of rotatable bonds is 2. The van der Waals surface area contributed by atoms with E-state index < -0.39 is 0 Å². The molecule has 108 valence electrons. The fraction of sp³-hybridized carbons (Fsp3) is 0.562. The summed E-state index contributed by atoms with van der Waals surface area (Å²) in [5.74, 6) is 0.945. The Bertz CT molecular complexity index is 627. The third-order valence-electron chi connectivity index (χ3n) is 4.15. The van der Waals surface area contributed by atoms with E-state index in [1.807, 2.05) is 6.92 Å². The van der Waals surface area contributed by atoms with Gasteiger partial charge in [-0.3, -0.25) is 0 Å². The van der Waals surface area contributed by atoms with E-state index in [9.17, 15) is 0 Å². The van der Waals surface area contributed by atoms with Gasteiger partial charge in [-0.05, 0) is 51.3 Å². The predicted molar refractivity (Wildman–Crippen MR) is 82.4 cm³/mol. The van der Waals surface area contributed by atoms with Gasteiger partial charge in [0.2, 0.25) is 0 Å². The largest absolute Gasteiger partial charge is 0.379 e. The fourth-order valence-corrected chi connectivity index (χ4v) is 3.28. The SMILES string of the molecule is Cc1ccc2nc(C(C)Cl)n(C3(C)CCCOC3)c2c1.